The maximum Gasteiger partial charge on any atom is 0.339 e. The molecule has 0 aliphatic heterocycles. The van der Waals surface area contributed by atoms with Crippen LogP contribution in [0.3, 0.4) is 0 Å². The molecule has 0 spiro atoms. The average molecular weight is 393 g/mol. The highest BCUT2D eigenvalue weighted by Gasteiger charge is 2.21. The van der Waals surface area contributed by atoms with Gasteiger partial charge in [-0.05, 0) is 49.4 Å². The number of nitrogens with one attached hydrogen (secondary N) is 1. The molecule has 29 heavy (non-hydrogen) atoms. The highest BCUT2D eigenvalue weighted by atomic mass is 16.5. The van der Waals surface area contributed by atoms with E-state index in [0.29, 0.717) is 16.9 Å². The lowest BCUT2D eigenvalue weighted by atomic mass is 10.0. The van der Waals surface area contributed by atoms with Gasteiger partial charge in [-0.2, -0.15) is 0 Å². The molecule has 0 saturated carbocycles. The molecule has 3 aromatic rings. The first-order valence-electron chi connectivity index (χ1n) is 9.75. The molecule has 6 heteroatoms. The summed E-state index contributed by atoms with van der Waals surface area (Å²) >= 11 is 0. The fraction of sp³-hybridized carbons (Fsp3) is 0.304. The second-order valence-electron chi connectivity index (χ2n) is 7.28. The lowest BCUT2D eigenvalue weighted by molar-refractivity contribution is -0.123. The molecule has 0 saturated heterocycles. The van der Waals surface area contributed by atoms with Crippen molar-refractivity contribution >= 4 is 16.9 Å². The molecule has 2 N–H and O–H groups in total. The molecule has 1 aliphatic carbocycles. The molecule has 4 rings (SSSR count). The number of benzene rings is 2. The molecule has 0 unspecified atom stereocenters. The van der Waals surface area contributed by atoms with Crippen LogP contribution in [0.25, 0.3) is 11.0 Å². The molecule has 1 atom stereocenters. The van der Waals surface area contributed by atoms with Crippen molar-refractivity contribution in [2.75, 3.05) is 13.2 Å². The zero-order chi connectivity index (χ0) is 20.4. The zero-order valence-electron chi connectivity index (χ0n) is 16.2. The van der Waals surface area contributed by atoms with Gasteiger partial charge in [-0.3, -0.25) is 4.79 Å². The summed E-state index contributed by atoms with van der Waals surface area (Å²) in [5.41, 5.74) is 3.53. The summed E-state index contributed by atoms with van der Waals surface area (Å²) in [6.07, 6.45) is 1.83. The number of amides is 1. The Bertz CT molecular complexity index is 1100. The van der Waals surface area contributed by atoms with E-state index in [1.165, 1.54) is 0 Å². The van der Waals surface area contributed by atoms with Crippen molar-refractivity contribution < 1.29 is 19.1 Å². The van der Waals surface area contributed by atoms with Gasteiger partial charge < -0.3 is 19.6 Å². The molecule has 2 aromatic carbocycles. The zero-order valence-corrected chi connectivity index (χ0v) is 16.2. The SMILES string of the molecule is Cc1c(OCC(=O)NC[C@@H](O)c2ccccc2)ccc2c3c(c(=O)oc12)CCC3. The van der Waals surface area contributed by atoms with Crippen LogP contribution >= 0.6 is 0 Å². The van der Waals surface area contributed by atoms with Gasteiger partial charge in [0, 0.05) is 23.1 Å². The number of aliphatic hydroxyl groups is 1. The number of rotatable bonds is 6. The molecule has 1 heterocycles. The third-order valence-corrected chi connectivity index (χ3v) is 5.38. The average Bonchev–Trinajstić information content (AvgIpc) is 3.23. The van der Waals surface area contributed by atoms with E-state index in [-0.39, 0.29) is 24.7 Å². The summed E-state index contributed by atoms with van der Waals surface area (Å²) in [4.78, 5) is 24.3. The summed E-state index contributed by atoms with van der Waals surface area (Å²) < 4.78 is 11.2. The molecule has 1 amide bonds. The molecule has 6 nitrogen and oxygen atoms in total. The minimum Gasteiger partial charge on any atom is -0.483 e. The van der Waals surface area contributed by atoms with Crippen LogP contribution in [-0.4, -0.2) is 24.2 Å². The smallest absolute Gasteiger partial charge is 0.339 e. The Labute approximate surface area is 168 Å². The third-order valence-electron chi connectivity index (χ3n) is 5.38. The van der Waals surface area contributed by atoms with Gasteiger partial charge in [-0.1, -0.05) is 30.3 Å². The Hall–Kier alpha value is -3.12. The standard InChI is InChI=1S/C23H23NO5/c1-14-20(11-10-17-16-8-5-9-18(16)23(27)29-22(14)17)28-13-21(26)24-12-19(25)15-6-3-2-4-7-15/h2-4,6-7,10-11,19,25H,5,8-9,12-13H2,1H3,(H,24,26)/t19-/m1/s1. The Balaban J connectivity index is 1.42. The number of fused-ring (bicyclic) bond motifs is 3. The largest absolute Gasteiger partial charge is 0.483 e. The van der Waals surface area contributed by atoms with E-state index in [2.05, 4.69) is 5.32 Å². The number of hydrogen-bond acceptors (Lipinski definition) is 5. The quantitative estimate of drug-likeness (QED) is 0.629. The summed E-state index contributed by atoms with van der Waals surface area (Å²) in [6.45, 7) is 1.73. The number of aryl methyl sites for hydroxylation is 2. The minimum absolute atomic E-state index is 0.101. The molecular weight excluding hydrogens is 370 g/mol. The number of carbonyl (C=O) groups is 1. The topological polar surface area (TPSA) is 88.8 Å². The van der Waals surface area contributed by atoms with E-state index in [1.807, 2.05) is 37.3 Å². The van der Waals surface area contributed by atoms with Gasteiger partial charge in [0.1, 0.15) is 11.3 Å². The van der Waals surface area contributed by atoms with Gasteiger partial charge in [-0.25, -0.2) is 4.79 Å². The van der Waals surface area contributed by atoms with Crippen LogP contribution in [0.15, 0.2) is 51.7 Å². The van der Waals surface area contributed by atoms with Gasteiger partial charge in [0.15, 0.2) is 6.61 Å². The predicted molar refractivity (Wildman–Crippen MR) is 109 cm³/mol. The highest BCUT2D eigenvalue weighted by Crippen LogP contribution is 2.32. The van der Waals surface area contributed by atoms with Gasteiger partial charge >= 0.3 is 5.63 Å². The number of ether oxygens (including phenoxy) is 1. The van der Waals surface area contributed by atoms with Crippen LogP contribution in [-0.2, 0) is 17.6 Å². The lowest BCUT2D eigenvalue weighted by Gasteiger charge is -2.14. The molecule has 150 valence electrons. The Kier molecular flexibility index (Phi) is 5.36. The summed E-state index contributed by atoms with van der Waals surface area (Å²) in [7, 11) is 0. The maximum atomic E-state index is 12.2. The van der Waals surface area contributed by atoms with Crippen molar-refractivity contribution in [3.05, 3.63) is 75.1 Å². The summed E-state index contributed by atoms with van der Waals surface area (Å²) in [5.74, 6) is 0.159. The third kappa shape index (κ3) is 3.89. The van der Waals surface area contributed by atoms with Crippen molar-refractivity contribution in [1.82, 2.24) is 5.32 Å². The van der Waals surface area contributed by atoms with Crippen molar-refractivity contribution in [2.45, 2.75) is 32.3 Å². The van der Waals surface area contributed by atoms with Crippen LogP contribution in [0.5, 0.6) is 5.75 Å². The Morgan fingerprint density at radius 2 is 1.93 bits per heavy atom. The number of hydrogen-bond donors (Lipinski definition) is 2. The maximum absolute atomic E-state index is 12.2. The normalized spacial score (nSPS) is 13.9. The molecule has 0 fully saturated rings. The molecule has 1 aliphatic rings. The van der Waals surface area contributed by atoms with E-state index in [9.17, 15) is 14.7 Å². The second-order valence-corrected chi connectivity index (χ2v) is 7.28. The van der Waals surface area contributed by atoms with E-state index >= 15 is 0 Å². The molecular formula is C23H23NO5. The van der Waals surface area contributed by atoms with Crippen molar-refractivity contribution in [3.8, 4) is 5.75 Å². The van der Waals surface area contributed by atoms with Gasteiger partial charge in [0.2, 0.25) is 0 Å². The van der Waals surface area contributed by atoms with E-state index < -0.39 is 6.10 Å². The fourth-order valence-corrected chi connectivity index (χ4v) is 3.82. The summed E-state index contributed by atoms with van der Waals surface area (Å²) in [5, 5.41) is 13.7. The van der Waals surface area contributed by atoms with Crippen LogP contribution in [0.1, 0.15) is 34.8 Å². The monoisotopic (exact) mass is 393 g/mol. The first-order chi connectivity index (χ1) is 14.0. The number of carbonyl (C=O) groups excluding carboxylic acids is 1. The lowest BCUT2D eigenvalue weighted by Crippen LogP contribution is -2.32. The van der Waals surface area contributed by atoms with E-state index in [0.717, 1.165) is 41.3 Å². The van der Waals surface area contributed by atoms with Crippen LogP contribution in [0.4, 0.5) is 0 Å². The molecule has 0 bridgehead atoms. The first-order valence-corrected chi connectivity index (χ1v) is 9.75. The highest BCUT2D eigenvalue weighted by molar-refractivity contribution is 5.86. The van der Waals surface area contributed by atoms with E-state index in [1.54, 1.807) is 12.1 Å². The van der Waals surface area contributed by atoms with Gasteiger partial charge in [-0.15, -0.1) is 0 Å². The Morgan fingerprint density at radius 1 is 1.17 bits per heavy atom. The Morgan fingerprint density at radius 3 is 2.72 bits per heavy atom. The first kappa shape index (κ1) is 19.2. The van der Waals surface area contributed by atoms with Gasteiger partial charge in [0.25, 0.3) is 5.91 Å². The van der Waals surface area contributed by atoms with E-state index in [4.69, 9.17) is 9.15 Å². The van der Waals surface area contributed by atoms with Crippen molar-refractivity contribution in [2.24, 2.45) is 0 Å². The van der Waals surface area contributed by atoms with Crippen molar-refractivity contribution in [1.29, 1.82) is 0 Å². The van der Waals surface area contributed by atoms with Gasteiger partial charge in [0.05, 0.1) is 6.10 Å². The number of aliphatic hydroxyl groups excluding tert-OH is 1. The fourth-order valence-electron chi connectivity index (χ4n) is 3.82. The predicted octanol–water partition coefficient (Wildman–Crippen LogP) is 2.82. The summed E-state index contributed by atoms with van der Waals surface area (Å²) in [6, 6.07) is 12.8. The van der Waals surface area contributed by atoms with Crippen LogP contribution < -0.4 is 15.7 Å². The van der Waals surface area contributed by atoms with Crippen LogP contribution in [0.2, 0.25) is 0 Å². The van der Waals surface area contributed by atoms with Crippen LogP contribution in [0, 0.1) is 6.92 Å². The second kappa shape index (κ2) is 8.09. The minimum atomic E-state index is -0.779. The van der Waals surface area contributed by atoms with Crippen molar-refractivity contribution in [3.63, 3.8) is 0 Å². The molecule has 0 radical (unpaired) electrons. The molecule has 1 aromatic heterocycles.